The van der Waals surface area contributed by atoms with E-state index in [0.29, 0.717) is 0 Å². The fourth-order valence-corrected chi connectivity index (χ4v) is 1.87. The van der Waals surface area contributed by atoms with Gasteiger partial charge in [0.1, 0.15) is 0 Å². The minimum Gasteiger partial charge on any atom is -0.322 e. The van der Waals surface area contributed by atoms with Gasteiger partial charge in [0.25, 0.3) is 0 Å². The summed E-state index contributed by atoms with van der Waals surface area (Å²) in [6.45, 7) is 6.63. The molecule has 1 saturated carbocycles. The number of rotatable bonds is 4. The summed E-state index contributed by atoms with van der Waals surface area (Å²) in [5, 5.41) is 0. The van der Waals surface area contributed by atoms with E-state index in [1.807, 2.05) is 0 Å². The molecule has 12 heavy (non-hydrogen) atoms. The zero-order valence-corrected chi connectivity index (χ0v) is 8.61. The summed E-state index contributed by atoms with van der Waals surface area (Å²) in [7, 11) is 0. The van der Waals surface area contributed by atoms with Crippen LogP contribution in [-0.2, 0) is 0 Å². The highest BCUT2D eigenvalue weighted by Gasteiger charge is 2.29. The first-order chi connectivity index (χ1) is 5.64. The van der Waals surface area contributed by atoms with Gasteiger partial charge in [-0.15, -0.1) is 0 Å². The Labute approximate surface area is 76.0 Å². The van der Waals surface area contributed by atoms with E-state index < -0.39 is 0 Å². The molecule has 2 N–H and O–H groups in total. The predicted molar refractivity (Wildman–Crippen MR) is 54.1 cm³/mol. The van der Waals surface area contributed by atoms with E-state index in [1.54, 1.807) is 5.57 Å². The third-order valence-electron chi connectivity index (χ3n) is 3.10. The molecule has 0 aromatic heterocycles. The highest BCUT2D eigenvalue weighted by molar-refractivity contribution is 5.31. The van der Waals surface area contributed by atoms with Crippen LogP contribution in [0.25, 0.3) is 0 Å². The van der Waals surface area contributed by atoms with Crippen molar-refractivity contribution < 1.29 is 0 Å². The Balaban J connectivity index is 2.71. The van der Waals surface area contributed by atoms with Crippen LogP contribution in [0.15, 0.2) is 11.1 Å². The molecule has 1 rings (SSSR count). The van der Waals surface area contributed by atoms with Crippen LogP contribution in [0.3, 0.4) is 0 Å². The van der Waals surface area contributed by atoms with Crippen LogP contribution >= 0.6 is 0 Å². The maximum absolute atomic E-state index is 6.33. The Hall–Kier alpha value is -0.300. The summed E-state index contributed by atoms with van der Waals surface area (Å²) in [6.07, 6.45) is 6.01. The van der Waals surface area contributed by atoms with Crippen LogP contribution in [0.4, 0.5) is 0 Å². The van der Waals surface area contributed by atoms with Crippen molar-refractivity contribution in [3.05, 3.63) is 11.1 Å². The zero-order valence-electron chi connectivity index (χ0n) is 8.61. The Morgan fingerprint density at radius 1 is 1.42 bits per heavy atom. The van der Waals surface area contributed by atoms with Crippen molar-refractivity contribution in [3.63, 3.8) is 0 Å². The van der Waals surface area contributed by atoms with Gasteiger partial charge in [0.2, 0.25) is 0 Å². The van der Waals surface area contributed by atoms with Crippen molar-refractivity contribution in [3.8, 4) is 0 Å². The lowest BCUT2D eigenvalue weighted by molar-refractivity contribution is 0.437. The van der Waals surface area contributed by atoms with Crippen LogP contribution in [0.1, 0.15) is 52.9 Å². The quantitative estimate of drug-likeness (QED) is 0.640. The summed E-state index contributed by atoms with van der Waals surface area (Å²) >= 11 is 0. The smallest absolute Gasteiger partial charge is 0.0365 e. The van der Waals surface area contributed by atoms with Gasteiger partial charge in [-0.1, -0.05) is 31.4 Å². The second-order valence-corrected chi connectivity index (χ2v) is 3.99. The molecule has 0 radical (unpaired) electrons. The molecule has 1 fully saturated rings. The summed E-state index contributed by atoms with van der Waals surface area (Å²) in [6, 6.07) is 0. The first-order valence-corrected chi connectivity index (χ1v) is 5.12. The largest absolute Gasteiger partial charge is 0.322 e. The fourth-order valence-electron chi connectivity index (χ4n) is 1.87. The molecule has 0 saturated heterocycles. The molecule has 1 aliphatic rings. The van der Waals surface area contributed by atoms with Gasteiger partial charge < -0.3 is 5.73 Å². The average molecular weight is 167 g/mol. The highest BCUT2D eigenvalue weighted by Crippen LogP contribution is 2.37. The molecule has 1 atom stereocenters. The molecule has 0 bridgehead atoms. The standard InChI is InChI=1S/C11H21N/c1-4-8-11(12,5-2)9(3)10-6-7-10/h4-8,12H2,1-3H3. The van der Waals surface area contributed by atoms with E-state index in [1.165, 1.54) is 24.8 Å². The van der Waals surface area contributed by atoms with E-state index >= 15 is 0 Å². The van der Waals surface area contributed by atoms with E-state index in [-0.39, 0.29) is 5.54 Å². The molecule has 0 aromatic rings. The Kier molecular flexibility index (Phi) is 2.94. The molecule has 0 spiro atoms. The Morgan fingerprint density at radius 3 is 2.33 bits per heavy atom. The topological polar surface area (TPSA) is 26.0 Å². The summed E-state index contributed by atoms with van der Waals surface area (Å²) in [4.78, 5) is 0. The average Bonchev–Trinajstić information content (AvgIpc) is 2.86. The second kappa shape index (κ2) is 3.61. The molecular formula is C11H21N. The van der Waals surface area contributed by atoms with Crippen molar-refractivity contribution in [2.45, 2.75) is 58.4 Å². The van der Waals surface area contributed by atoms with Gasteiger partial charge >= 0.3 is 0 Å². The molecule has 0 amide bonds. The molecule has 1 aliphatic carbocycles. The van der Waals surface area contributed by atoms with Crippen molar-refractivity contribution in [2.24, 2.45) is 5.73 Å². The van der Waals surface area contributed by atoms with E-state index in [4.69, 9.17) is 5.73 Å². The minimum absolute atomic E-state index is 0.0145. The minimum atomic E-state index is 0.0145. The summed E-state index contributed by atoms with van der Waals surface area (Å²) < 4.78 is 0. The summed E-state index contributed by atoms with van der Waals surface area (Å²) in [5.41, 5.74) is 9.45. The van der Waals surface area contributed by atoms with Gasteiger partial charge in [-0.3, -0.25) is 0 Å². The van der Waals surface area contributed by atoms with Crippen molar-refractivity contribution in [2.75, 3.05) is 0 Å². The number of hydrogen-bond donors (Lipinski definition) is 1. The van der Waals surface area contributed by atoms with Crippen molar-refractivity contribution in [1.29, 1.82) is 0 Å². The van der Waals surface area contributed by atoms with Gasteiger partial charge in [-0.2, -0.15) is 0 Å². The molecule has 1 unspecified atom stereocenters. The molecule has 0 heterocycles. The van der Waals surface area contributed by atoms with Gasteiger partial charge in [-0.05, 0) is 32.6 Å². The Bertz CT molecular complexity index is 187. The number of nitrogens with two attached hydrogens (primary N) is 1. The second-order valence-electron chi connectivity index (χ2n) is 3.99. The lowest BCUT2D eigenvalue weighted by Gasteiger charge is -2.29. The number of hydrogen-bond acceptors (Lipinski definition) is 1. The van der Waals surface area contributed by atoms with E-state index in [0.717, 1.165) is 12.8 Å². The third kappa shape index (κ3) is 1.89. The van der Waals surface area contributed by atoms with Gasteiger partial charge in [-0.25, -0.2) is 0 Å². The molecular weight excluding hydrogens is 146 g/mol. The molecule has 70 valence electrons. The fraction of sp³-hybridized carbons (Fsp3) is 0.818. The first kappa shape index (κ1) is 9.79. The monoisotopic (exact) mass is 167 g/mol. The predicted octanol–water partition coefficient (Wildman–Crippen LogP) is 3.00. The Morgan fingerprint density at radius 2 is 2.00 bits per heavy atom. The van der Waals surface area contributed by atoms with Crippen LogP contribution in [0, 0.1) is 0 Å². The van der Waals surface area contributed by atoms with E-state index in [2.05, 4.69) is 20.8 Å². The SMILES string of the molecule is CCCC(N)(CC)C(C)=C1CC1. The van der Waals surface area contributed by atoms with Crippen LogP contribution in [0.5, 0.6) is 0 Å². The van der Waals surface area contributed by atoms with Gasteiger partial charge in [0.05, 0.1) is 0 Å². The van der Waals surface area contributed by atoms with E-state index in [9.17, 15) is 0 Å². The maximum Gasteiger partial charge on any atom is 0.0365 e. The number of allylic oxidation sites excluding steroid dienone is 1. The molecule has 0 aliphatic heterocycles. The highest BCUT2D eigenvalue weighted by atomic mass is 14.7. The van der Waals surface area contributed by atoms with Gasteiger partial charge in [0.15, 0.2) is 0 Å². The zero-order chi connectivity index (χ0) is 9.19. The van der Waals surface area contributed by atoms with Crippen LogP contribution in [-0.4, -0.2) is 5.54 Å². The normalized spacial score (nSPS) is 20.5. The maximum atomic E-state index is 6.33. The van der Waals surface area contributed by atoms with Crippen molar-refractivity contribution >= 4 is 0 Å². The van der Waals surface area contributed by atoms with Crippen LogP contribution in [0.2, 0.25) is 0 Å². The lowest BCUT2D eigenvalue weighted by Crippen LogP contribution is -2.40. The van der Waals surface area contributed by atoms with Crippen molar-refractivity contribution in [1.82, 2.24) is 0 Å². The lowest BCUT2D eigenvalue weighted by atomic mass is 9.84. The first-order valence-electron chi connectivity index (χ1n) is 5.12. The summed E-state index contributed by atoms with van der Waals surface area (Å²) in [5.74, 6) is 0. The van der Waals surface area contributed by atoms with Gasteiger partial charge in [0, 0.05) is 5.54 Å². The molecule has 1 nitrogen and oxygen atoms in total. The third-order valence-corrected chi connectivity index (χ3v) is 3.10. The molecule has 1 heteroatoms. The van der Waals surface area contributed by atoms with Crippen LogP contribution < -0.4 is 5.73 Å². The molecule has 0 aromatic carbocycles.